The van der Waals surface area contributed by atoms with E-state index in [4.69, 9.17) is 23.6 Å². The molecule has 0 atom stereocenters. The molecular formula is C14H12Cl2N3+3. The molecule has 1 aromatic carbocycles. The minimum Gasteiger partial charge on any atom is -0.0469 e. The van der Waals surface area contributed by atoms with Gasteiger partial charge in [-0.2, -0.15) is 0 Å². The van der Waals surface area contributed by atoms with Crippen LogP contribution >= 0.6 is 23.6 Å². The molecule has 0 fully saturated rings. The lowest BCUT2D eigenvalue weighted by molar-refractivity contribution is -0.983. The molecule has 19 heavy (non-hydrogen) atoms. The number of aryl methyl sites for hydroxylation is 2. The fraction of sp³-hybridized carbons (Fsp3) is 0.143. The van der Waals surface area contributed by atoms with Crippen molar-refractivity contribution in [2.24, 2.45) is 0 Å². The summed E-state index contributed by atoms with van der Waals surface area (Å²) in [5.41, 5.74) is 4.19. The molecule has 0 radical (unpaired) electrons. The van der Waals surface area contributed by atoms with Crippen LogP contribution in [0.15, 0.2) is 36.4 Å². The monoisotopic (exact) mass is 292 g/mol. The van der Waals surface area contributed by atoms with Crippen LogP contribution in [0.25, 0.3) is 21.8 Å². The summed E-state index contributed by atoms with van der Waals surface area (Å²) in [6, 6.07) is 12.5. The van der Waals surface area contributed by atoms with E-state index in [1.54, 1.807) is 0 Å². The molecule has 0 saturated carbocycles. The van der Waals surface area contributed by atoms with Crippen LogP contribution in [0.2, 0.25) is 0 Å². The molecule has 2 aromatic heterocycles. The second-order valence-corrected chi connectivity index (χ2v) is 6.09. The van der Waals surface area contributed by atoms with Crippen molar-refractivity contribution in [3.63, 3.8) is 0 Å². The van der Waals surface area contributed by atoms with Crippen LogP contribution in [0.1, 0.15) is 11.4 Å². The zero-order chi connectivity index (χ0) is 13.4. The first-order chi connectivity index (χ1) is 9.01. The third-order valence-corrected chi connectivity index (χ3v) is 4.40. The van der Waals surface area contributed by atoms with E-state index in [2.05, 4.69) is 24.3 Å². The van der Waals surface area contributed by atoms with Gasteiger partial charge >= 0.3 is 38.3 Å². The van der Waals surface area contributed by atoms with Crippen molar-refractivity contribution in [2.75, 3.05) is 0 Å². The summed E-state index contributed by atoms with van der Waals surface area (Å²) in [6.07, 6.45) is 0. The maximum absolute atomic E-state index is 6.61. The van der Waals surface area contributed by atoms with Gasteiger partial charge in [-0.3, -0.25) is 0 Å². The van der Waals surface area contributed by atoms with Crippen LogP contribution < -0.4 is 13.1 Å². The quantitative estimate of drug-likeness (QED) is 0.342. The van der Waals surface area contributed by atoms with Gasteiger partial charge in [-0.05, 0) is 24.3 Å². The van der Waals surface area contributed by atoms with E-state index in [-0.39, 0.29) is 3.74 Å². The van der Waals surface area contributed by atoms with Crippen LogP contribution in [-0.4, -0.2) is 0 Å². The molecule has 0 spiro atoms. The summed E-state index contributed by atoms with van der Waals surface area (Å²) in [5.74, 6) is 0. The van der Waals surface area contributed by atoms with Crippen molar-refractivity contribution in [1.82, 2.24) is 3.74 Å². The van der Waals surface area contributed by atoms with E-state index in [1.165, 1.54) is 0 Å². The Balaban J connectivity index is 2.42. The Morgan fingerprint density at radius 1 is 0.737 bits per heavy atom. The Bertz CT molecular complexity index is 801. The average molecular weight is 293 g/mol. The van der Waals surface area contributed by atoms with Gasteiger partial charge in [-0.15, -0.1) is 0 Å². The molecule has 0 unspecified atom stereocenters. The summed E-state index contributed by atoms with van der Waals surface area (Å²) in [4.78, 5) is 0. The SMILES string of the molecule is Cc1ccc2ccc3ccc(C)[n+]4c3c2[n+]1[N+]4(Cl)Cl. The van der Waals surface area contributed by atoms with Gasteiger partial charge in [0.15, 0.2) is 0 Å². The highest BCUT2D eigenvalue weighted by Gasteiger charge is 2.60. The fourth-order valence-corrected chi connectivity index (χ4v) is 3.73. The maximum Gasteiger partial charge on any atom is 0.361 e. The average Bonchev–Trinajstić information content (AvgIpc) is 2.62. The van der Waals surface area contributed by atoms with Crippen molar-refractivity contribution in [3.05, 3.63) is 47.8 Å². The van der Waals surface area contributed by atoms with Gasteiger partial charge in [0.05, 0.1) is 20.1 Å². The molecule has 1 aliphatic rings. The van der Waals surface area contributed by atoms with Gasteiger partial charge in [0.1, 0.15) is 0 Å². The summed E-state index contributed by atoms with van der Waals surface area (Å²) in [5, 5.41) is 2.28. The van der Waals surface area contributed by atoms with Gasteiger partial charge in [-0.25, -0.2) is 0 Å². The number of pyridine rings is 2. The minimum absolute atomic E-state index is 0.355. The van der Waals surface area contributed by atoms with E-state index >= 15 is 0 Å². The molecule has 3 nitrogen and oxygen atoms in total. The molecule has 1 aliphatic heterocycles. The van der Waals surface area contributed by atoms with E-state index in [9.17, 15) is 0 Å². The van der Waals surface area contributed by atoms with E-state index in [0.717, 1.165) is 33.2 Å². The number of hydrogen-bond acceptors (Lipinski definition) is 0. The zero-order valence-electron chi connectivity index (χ0n) is 10.6. The van der Waals surface area contributed by atoms with Crippen molar-refractivity contribution in [1.29, 1.82) is 0 Å². The number of quaternary nitrogens is 1. The number of halogens is 2. The van der Waals surface area contributed by atoms with Crippen LogP contribution in [0.3, 0.4) is 0 Å². The first kappa shape index (κ1) is 11.4. The highest BCUT2D eigenvalue weighted by atomic mass is 35.5. The third kappa shape index (κ3) is 1.23. The predicted octanol–water partition coefficient (Wildman–Crippen LogP) is 2.71. The predicted molar refractivity (Wildman–Crippen MR) is 76.0 cm³/mol. The molecule has 0 N–H and O–H groups in total. The van der Waals surface area contributed by atoms with Crippen molar-refractivity contribution in [3.8, 4) is 0 Å². The second-order valence-electron chi connectivity index (χ2n) is 4.97. The molecule has 3 aromatic rings. The first-order valence-electron chi connectivity index (χ1n) is 6.11. The largest absolute Gasteiger partial charge is 0.361 e. The van der Waals surface area contributed by atoms with E-state index in [0.29, 0.717) is 0 Å². The topological polar surface area (TPSA) is 7.76 Å². The molecule has 3 heterocycles. The smallest absolute Gasteiger partial charge is 0.0469 e. The summed E-state index contributed by atoms with van der Waals surface area (Å²) >= 11 is 13.2. The normalized spacial score (nSPS) is 15.8. The maximum atomic E-state index is 6.61. The van der Waals surface area contributed by atoms with Crippen LogP contribution in [0.4, 0.5) is 0 Å². The number of hydrogen-bond donors (Lipinski definition) is 0. The number of benzene rings is 1. The molecular weight excluding hydrogens is 281 g/mol. The van der Waals surface area contributed by atoms with E-state index in [1.807, 2.05) is 35.3 Å². The Hall–Kier alpha value is -1.42. The second kappa shape index (κ2) is 3.37. The van der Waals surface area contributed by atoms with Crippen molar-refractivity contribution < 1.29 is 9.35 Å². The third-order valence-electron chi connectivity index (χ3n) is 3.79. The number of nitrogens with zero attached hydrogens (tertiary/aromatic N) is 3. The molecule has 0 aliphatic carbocycles. The Morgan fingerprint density at radius 3 is 1.53 bits per heavy atom. The molecule has 5 heteroatoms. The Labute approximate surface area is 120 Å². The molecule has 94 valence electrons. The van der Waals surface area contributed by atoms with Gasteiger partial charge in [0, 0.05) is 26.0 Å². The number of rotatable bonds is 0. The van der Waals surface area contributed by atoms with Crippen LogP contribution in [0.5, 0.6) is 0 Å². The van der Waals surface area contributed by atoms with Crippen molar-refractivity contribution >= 4 is 45.4 Å². The number of aromatic nitrogens is 2. The molecule has 0 bridgehead atoms. The van der Waals surface area contributed by atoms with Crippen molar-refractivity contribution in [2.45, 2.75) is 13.8 Å². The minimum atomic E-state index is -0.355. The van der Waals surface area contributed by atoms with Crippen LogP contribution in [0, 0.1) is 13.8 Å². The lowest BCUT2D eigenvalue weighted by Crippen LogP contribution is -2.77. The lowest BCUT2D eigenvalue weighted by Gasteiger charge is -2.02. The van der Waals surface area contributed by atoms with Gasteiger partial charge < -0.3 is 0 Å². The van der Waals surface area contributed by atoms with Crippen LogP contribution in [-0.2, 0) is 0 Å². The van der Waals surface area contributed by atoms with E-state index < -0.39 is 0 Å². The zero-order valence-corrected chi connectivity index (χ0v) is 12.1. The molecule has 0 amide bonds. The molecule has 0 saturated heterocycles. The summed E-state index contributed by atoms with van der Waals surface area (Å²) in [7, 11) is 0. The first-order valence-corrected chi connectivity index (χ1v) is 6.79. The fourth-order valence-electron chi connectivity index (χ4n) is 2.95. The standard InChI is InChI=1S/C14H12Cl2N3/c1-9-3-5-11-7-8-12-6-4-10(2)18-14(12)13(11)17(9)19(18,15)16/h3-8H,1-2H3/q+3. The molecule has 4 rings (SSSR count). The Kier molecular flexibility index (Phi) is 2.02. The highest BCUT2D eigenvalue weighted by molar-refractivity contribution is 6.37. The summed E-state index contributed by atoms with van der Waals surface area (Å²) < 4.78 is 3.52. The highest BCUT2D eigenvalue weighted by Crippen LogP contribution is 2.28. The Morgan fingerprint density at radius 2 is 1.11 bits per heavy atom. The lowest BCUT2D eigenvalue weighted by atomic mass is 10.1. The summed E-state index contributed by atoms with van der Waals surface area (Å²) in [6.45, 7) is 4.02. The van der Waals surface area contributed by atoms with Gasteiger partial charge in [0.25, 0.3) is 11.4 Å². The van der Waals surface area contributed by atoms with Gasteiger partial charge in [0.2, 0.25) is 0 Å². The van der Waals surface area contributed by atoms with Gasteiger partial charge in [-0.1, -0.05) is 0 Å².